The van der Waals surface area contributed by atoms with E-state index in [0.717, 1.165) is 73.3 Å². The topological polar surface area (TPSA) is 81.5 Å². The molecule has 0 bridgehead atoms. The van der Waals surface area contributed by atoms with Crippen LogP contribution in [0, 0.1) is 0 Å². The van der Waals surface area contributed by atoms with Crippen molar-refractivity contribution in [1.29, 1.82) is 0 Å². The zero-order valence-electron chi connectivity index (χ0n) is 20.2. The monoisotopic (exact) mass is 463 g/mol. The lowest BCUT2D eigenvalue weighted by Crippen LogP contribution is -2.30. The van der Waals surface area contributed by atoms with Gasteiger partial charge in [-0.1, -0.05) is 30.3 Å². The number of amides is 1. The summed E-state index contributed by atoms with van der Waals surface area (Å²) in [7, 11) is 3.36. The zero-order chi connectivity index (χ0) is 23.9. The third kappa shape index (κ3) is 5.75. The van der Waals surface area contributed by atoms with Gasteiger partial charge in [-0.15, -0.1) is 10.2 Å². The fourth-order valence-electron chi connectivity index (χ4n) is 4.39. The second kappa shape index (κ2) is 11.2. The van der Waals surface area contributed by atoms with Gasteiger partial charge in [0.1, 0.15) is 17.3 Å². The average molecular weight is 464 g/mol. The van der Waals surface area contributed by atoms with Gasteiger partial charge in [0.15, 0.2) is 5.82 Å². The lowest BCUT2D eigenvalue weighted by molar-refractivity contribution is -0.121. The Kier molecular flexibility index (Phi) is 7.80. The number of nitrogens with one attached hydrogen (secondary N) is 1. The third-order valence-electron chi connectivity index (χ3n) is 6.28. The van der Waals surface area contributed by atoms with Gasteiger partial charge in [0.05, 0.1) is 20.3 Å². The molecule has 2 heterocycles. The first kappa shape index (κ1) is 23.8. The summed E-state index contributed by atoms with van der Waals surface area (Å²) < 4.78 is 13.1. The molecule has 0 fully saturated rings. The predicted octanol–water partition coefficient (Wildman–Crippen LogP) is 3.16. The number of carbonyl (C=O) groups is 1. The molecule has 180 valence electrons. The van der Waals surface area contributed by atoms with Gasteiger partial charge in [0.25, 0.3) is 0 Å². The largest absolute Gasteiger partial charge is 0.497 e. The number of hydrogen-bond acceptors (Lipinski definition) is 6. The number of carbonyl (C=O) groups excluding carboxylic acids is 1. The second-order valence-corrected chi connectivity index (χ2v) is 8.60. The van der Waals surface area contributed by atoms with E-state index in [2.05, 4.69) is 25.0 Å². The van der Waals surface area contributed by atoms with Gasteiger partial charge < -0.3 is 19.4 Å². The summed E-state index contributed by atoms with van der Waals surface area (Å²) in [6.45, 7) is 5.23. The average Bonchev–Trinajstić information content (AvgIpc) is 3.17. The molecule has 0 spiro atoms. The second-order valence-electron chi connectivity index (χ2n) is 8.60. The van der Waals surface area contributed by atoms with Gasteiger partial charge in [0, 0.05) is 44.6 Å². The molecule has 34 heavy (non-hydrogen) atoms. The number of nitrogens with zero attached hydrogens (tertiary/aromatic N) is 4. The molecular formula is C26H33N5O3. The summed E-state index contributed by atoms with van der Waals surface area (Å²) in [6.07, 6.45) is 1.97. The molecule has 1 atom stereocenters. The Morgan fingerprint density at radius 3 is 2.65 bits per heavy atom. The van der Waals surface area contributed by atoms with E-state index < -0.39 is 0 Å². The Labute approximate surface area is 200 Å². The highest BCUT2D eigenvalue weighted by Gasteiger charge is 2.23. The summed E-state index contributed by atoms with van der Waals surface area (Å²) >= 11 is 0. The maximum atomic E-state index is 12.5. The molecule has 0 unspecified atom stereocenters. The van der Waals surface area contributed by atoms with E-state index in [1.165, 1.54) is 0 Å². The molecule has 1 N–H and O–H groups in total. The minimum atomic E-state index is -0.199. The number of ether oxygens (including phenoxy) is 2. The van der Waals surface area contributed by atoms with Crippen LogP contribution >= 0.6 is 0 Å². The molecule has 8 nitrogen and oxygen atoms in total. The van der Waals surface area contributed by atoms with Crippen molar-refractivity contribution in [3.8, 4) is 11.5 Å². The van der Waals surface area contributed by atoms with Crippen molar-refractivity contribution in [3.05, 3.63) is 71.3 Å². The van der Waals surface area contributed by atoms with E-state index >= 15 is 0 Å². The Balaban J connectivity index is 1.36. The summed E-state index contributed by atoms with van der Waals surface area (Å²) in [4.78, 5) is 14.9. The minimum absolute atomic E-state index is 0.0223. The van der Waals surface area contributed by atoms with E-state index in [1.54, 1.807) is 14.2 Å². The molecule has 3 aromatic rings. The van der Waals surface area contributed by atoms with Crippen molar-refractivity contribution in [2.45, 2.75) is 45.3 Å². The normalized spacial score (nSPS) is 14.7. The molecule has 1 aliphatic rings. The van der Waals surface area contributed by atoms with Crippen LogP contribution < -0.4 is 14.8 Å². The van der Waals surface area contributed by atoms with E-state index in [1.807, 2.05) is 55.5 Å². The summed E-state index contributed by atoms with van der Waals surface area (Å²) in [5, 5.41) is 11.9. The van der Waals surface area contributed by atoms with Gasteiger partial charge in [0.2, 0.25) is 5.91 Å². The van der Waals surface area contributed by atoms with Gasteiger partial charge in [-0.2, -0.15) is 0 Å². The van der Waals surface area contributed by atoms with Crippen LogP contribution in [-0.2, 0) is 30.7 Å². The SMILES string of the molecule is COc1ccc(OC)c(CN2CCc3nnc([C@H](C)NC(=O)CCc4ccccc4)n3CC2)c1. The van der Waals surface area contributed by atoms with Crippen LogP contribution in [0.2, 0.25) is 0 Å². The number of aryl methyl sites for hydroxylation is 1. The molecule has 0 saturated carbocycles. The first-order chi connectivity index (χ1) is 16.6. The maximum Gasteiger partial charge on any atom is 0.220 e. The quantitative estimate of drug-likeness (QED) is 0.525. The van der Waals surface area contributed by atoms with Crippen LogP contribution in [-0.4, -0.2) is 52.9 Å². The Hall–Kier alpha value is -3.39. The maximum absolute atomic E-state index is 12.5. The lowest BCUT2D eigenvalue weighted by Gasteiger charge is -2.21. The number of aromatic nitrogens is 3. The standard InChI is InChI=1S/C26H33N5O3/c1-19(27-25(32)12-9-20-7-5-4-6-8-20)26-29-28-24-13-14-30(15-16-31(24)26)18-21-17-22(33-2)10-11-23(21)34-3/h4-8,10-11,17,19H,9,12-16,18H2,1-3H3,(H,27,32)/t19-/m0/s1. The predicted molar refractivity (Wildman–Crippen MR) is 130 cm³/mol. The van der Waals surface area contributed by atoms with Gasteiger partial charge in [-0.05, 0) is 37.1 Å². The highest BCUT2D eigenvalue weighted by Crippen LogP contribution is 2.26. The van der Waals surface area contributed by atoms with Gasteiger partial charge in [-0.3, -0.25) is 9.69 Å². The summed E-state index contributed by atoms with van der Waals surface area (Å²) in [6, 6.07) is 15.7. The van der Waals surface area contributed by atoms with Crippen molar-refractivity contribution < 1.29 is 14.3 Å². The van der Waals surface area contributed by atoms with E-state index in [4.69, 9.17) is 9.47 Å². The van der Waals surface area contributed by atoms with Gasteiger partial charge >= 0.3 is 0 Å². The molecule has 0 aliphatic carbocycles. The van der Waals surface area contributed by atoms with Crippen LogP contribution in [0.1, 0.15) is 42.2 Å². The van der Waals surface area contributed by atoms with Crippen LogP contribution in [0.3, 0.4) is 0 Å². The Bertz CT molecular complexity index is 1100. The van der Waals surface area contributed by atoms with Crippen molar-refractivity contribution in [1.82, 2.24) is 25.0 Å². The van der Waals surface area contributed by atoms with Crippen LogP contribution in [0.15, 0.2) is 48.5 Å². The molecule has 2 aromatic carbocycles. The van der Waals surface area contributed by atoms with Crippen LogP contribution in [0.25, 0.3) is 0 Å². The molecule has 1 aliphatic heterocycles. The fourth-order valence-corrected chi connectivity index (χ4v) is 4.39. The smallest absolute Gasteiger partial charge is 0.220 e. The molecule has 0 radical (unpaired) electrons. The number of methoxy groups -OCH3 is 2. The number of fused-ring (bicyclic) bond motifs is 1. The zero-order valence-corrected chi connectivity index (χ0v) is 20.2. The van der Waals surface area contributed by atoms with Crippen molar-refractivity contribution in [2.24, 2.45) is 0 Å². The molecule has 8 heteroatoms. The Morgan fingerprint density at radius 2 is 1.88 bits per heavy atom. The fraction of sp³-hybridized carbons (Fsp3) is 0.423. The molecule has 1 aromatic heterocycles. The third-order valence-corrected chi connectivity index (χ3v) is 6.28. The molecule has 1 amide bonds. The molecular weight excluding hydrogens is 430 g/mol. The van der Waals surface area contributed by atoms with E-state index in [0.29, 0.717) is 6.42 Å². The van der Waals surface area contributed by atoms with E-state index in [-0.39, 0.29) is 11.9 Å². The number of rotatable bonds is 9. The highest BCUT2D eigenvalue weighted by molar-refractivity contribution is 5.76. The van der Waals surface area contributed by atoms with E-state index in [9.17, 15) is 4.79 Å². The highest BCUT2D eigenvalue weighted by atomic mass is 16.5. The van der Waals surface area contributed by atoms with Crippen molar-refractivity contribution in [2.75, 3.05) is 27.3 Å². The Morgan fingerprint density at radius 1 is 1.06 bits per heavy atom. The van der Waals surface area contributed by atoms with Crippen LogP contribution in [0.4, 0.5) is 0 Å². The summed E-state index contributed by atoms with van der Waals surface area (Å²) in [5.74, 6) is 3.47. The van der Waals surface area contributed by atoms with Crippen LogP contribution in [0.5, 0.6) is 11.5 Å². The molecule has 4 rings (SSSR count). The van der Waals surface area contributed by atoms with Gasteiger partial charge in [-0.25, -0.2) is 0 Å². The number of hydrogen-bond donors (Lipinski definition) is 1. The van der Waals surface area contributed by atoms with Crippen molar-refractivity contribution >= 4 is 5.91 Å². The lowest BCUT2D eigenvalue weighted by atomic mass is 10.1. The van der Waals surface area contributed by atoms with Crippen molar-refractivity contribution in [3.63, 3.8) is 0 Å². The summed E-state index contributed by atoms with van der Waals surface area (Å²) in [5.41, 5.74) is 2.26. The molecule has 0 saturated heterocycles. The minimum Gasteiger partial charge on any atom is -0.497 e. The first-order valence-corrected chi connectivity index (χ1v) is 11.8. The number of benzene rings is 2. The first-order valence-electron chi connectivity index (χ1n) is 11.8.